The number of aromatic nitrogens is 1. The number of amides is 1. The van der Waals surface area contributed by atoms with Crippen LogP contribution in [-0.4, -0.2) is 23.1 Å². The molecule has 1 amide bonds. The fraction of sp³-hybridized carbons (Fsp3) is 0.235. The highest BCUT2D eigenvalue weighted by atomic mass is 19.2. The summed E-state index contributed by atoms with van der Waals surface area (Å²) in [4.78, 5) is 15.5. The smallest absolute Gasteiger partial charge is 0.264 e. The predicted octanol–water partition coefficient (Wildman–Crippen LogP) is 2.53. The van der Waals surface area contributed by atoms with Crippen LogP contribution in [0, 0.1) is 17.5 Å². The molecule has 1 aromatic heterocycles. The monoisotopic (exact) mass is 348 g/mol. The normalized spacial score (nSPS) is 14.4. The fourth-order valence-corrected chi connectivity index (χ4v) is 2.60. The number of rotatable bonds is 4. The third-order valence-electron chi connectivity index (χ3n) is 3.83. The Morgan fingerprint density at radius 2 is 1.88 bits per heavy atom. The quantitative estimate of drug-likeness (QED) is 0.863. The molecule has 3 rings (SSSR count). The summed E-state index contributed by atoms with van der Waals surface area (Å²) in [7, 11) is 0. The molecule has 25 heavy (non-hydrogen) atoms. The van der Waals surface area contributed by atoms with E-state index in [1.54, 1.807) is 23.3 Å². The molecule has 1 aliphatic heterocycles. The molecule has 2 aromatic rings. The second-order valence-electron chi connectivity index (χ2n) is 5.71. The Morgan fingerprint density at radius 1 is 1.16 bits per heavy atom. The van der Waals surface area contributed by atoms with Crippen molar-refractivity contribution in [3.63, 3.8) is 0 Å². The molecule has 0 aliphatic carbocycles. The molecule has 2 N–H and O–H groups in total. The molecule has 0 fully saturated rings. The van der Waals surface area contributed by atoms with E-state index in [0.717, 1.165) is 18.6 Å². The zero-order valence-corrected chi connectivity index (χ0v) is 13.2. The van der Waals surface area contributed by atoms with Crippen LogP contribution in [0.2, 0.25) is 0 Å². The average molecular weight is 348 g/mol. The number of carbonyl (C=O) groups excluding carboxylic acids is 1. The highest BCUT2D eigenvalue weighted by Gasteiger charge is 2.18. The molecule has 130 valence electrons. The van der Waals surface area contributed by atoms with Gasteiger partial charge in [-0.05, 0) is 48.6 Å². The number of hydrogen-bond acceptors (Lipinski definition) is 4. The zero-order chi connectivity index (χ0) is 18.0. The fourth-order valence-electron chi connectivity index (χ4n) is 2.60. The van der Waals surface area contributed by atoms with Gasteiger partial charge in [0.05, 0.1) is 0 Å². The van der Waals surface area contributed by atoms with E-state index in [1.165, 1.54) is 0 Å². The molecule has 8 heteroatoms. The van der Waals surface area contributed by atoms with Crippen LogP contribution in [0.25, 0.3) is 0 Å². The summed E-state index contributed by atoms with van der Waals surface area (Å²) in [6, 6.07) is 5.34. The SMILES string of the molecule is NC(=O)C1=NN(c2ccc(Cc3cc(F)c(F)c(F)c3)cn2)CCC1. The van der Waals surface area contributed by atoms with E-state index in [9.17, 15) is 18.0 Å². The number of primary amides is 1. The Bertz CT molecular complexity index is 813. The van der Waals surface area contributed by atoms with Gasteiger partial charge in [-0.15, -0.1) is 0 Å². The van der Waals surface area contributed by atoms with Gasteiger partial charge >= 0.3 is 0 Å². The number of halogens is 3. The van der Waals surface area contributed by atoms with Crippen molar-refractivity contribution in [3.05, 3.63) is 59.0 Å². The number of anilines is 1. The average Bonchev–Trinajstić information content (AvgIpc) is 2.60. The van der Waals surface area contributed by atoms with Crippen molar-refractivity contribution < 1.29 is 18.0 Å². The number of hydrazone groups is 1. The molecule has 0 radical (unpaired) electrons. The lowest BCUT2D eigenvalue weighted by atomic mass is 10.1. The van der Waals surface area contributed by atoms with Gasteiger partial charge in [0, 0.05) is 12.7 Å². The van der Waals surface area contributed by atoms with Crippen molar-refractivity contribution in [3.8, 4) is 0 Å². The van der Waals surface area contributed by atoms with E-state index in [0.29, 0.717) is 35.6 Å². The number of carbonyl (C=O) groups is 1. The zero-order valence-electron chi connectivity index (χ0n) is 13.2. The van der Waals surface area contributed by atoms with E-state index in [-0.39, 0.29) is 6.42 Å². The molecule has 0 saturated heterocycles. The summed E-state index contributed by atoms with van der Waals surface area (Å²) in [6.45, 7) is 0.609. The predicted molar refractivity (Wildman–Crippen MR) is 86.6 cm³/mol. The Labute approximate surface area is 142 Å². The van der Waals surface area contributed by atoms with Crippen LogP contribution in [-0.2, 0) is 11.2 Å². The van der Waals surface area contributed by atoms with Crippen molar-refractivity contribution in [1.82, 2.24) is 4.98 Å². The van der Waals surface area contributed by atoms with Gasteiger partial charge < -0.3 is 5.73 Å². The molecular formula is C17H15F3N4O. The van der Waals surface area contributed by atoms with Crippen molar-refractivity contribution in [2.45, 2.75) is 19.3 Å². The second-order valence-corrected chi connectivity index (χ2v) is 5.71. The molecule has 0 saturated carbocycles. The van der Waals surface area contributed by atoms with E-state index in [2.05, 4.69) is 10.1 Å². The third kappa shape index (κ3) is 3.78. The van der Waals surface area contributed by atoms with Gasteiger partial charge in [0.15, 0.2) is 17.5 Å². The molecule has 2 heterocycles. The van der Waals surface area contributed by atoms with Gasteiger partial charge in [-0.3, -0.25) is 4.79 Å². The number of benzene rings is 1. The largest absolute Gasteiger partial charge is 0.364 e. The molecule has 0 unspecified atom stereocenters. The summed E-state index contributed by atoms with van der Waals surface area (Å²) in [5, 5.41) is 5.76. The first-order valence-electron chi connectivity index (χ1n) is 7.67. The standard InChI is InChI=1S/C17H15F3N4O/c18-12-7-11(8-13(19)16(12)20)6-10-3-4-15(22-9-10)24-5-1-2-14(23-24)17(21)25/h3-4,7-9H,1-2,5-6H2,(H2,21,25). The van der Waals surface area contributed by atoms with Crippen molar-refractivity contribution >= 4 is 17.4 Å². The van der Waals surface area contributed by atoms with E-state index < -0.39 is 23.4 Å². The summed E-state index contributed by atoms with van der Waals surface area (Å²) in [6.07, 6.45) is 3.02. The van der Waals surface area contributed by atoms with Crippen LogP contribution in [0.3, 0.4) is 0 Å². The highest BCUT2D eigenvalue weighted by molar-refractivity contribution is 6.38. The van der Waals surface area contributed by atoms with Gasteiger partial charge in [-0.1, -0.05) is 6.07 Å². The second kappa shape index (κ2) is 6.92. The maximum Gasteiger partial charge on any atom is 0.264 e. The van der Waals surface area contributed by atoms with Crippen molar-refractivity contribution in [2.75, 3.05) is 11.6 Å². The van der Waals surface area contributed by atoms with Crippen LogP contribution in [0.5, 0.6) is 0 Å². The molecule has 0 bridgehead atoms. The van der Waals surface area contributed by atoms with Gasteiger partial charge in [-0.2, -0.15) is 5.10 Å². The molecule has 0 spiro atoms. The van der Waals surface area contributed by atoms with Gasteiger partial charge in [0.2, 0.25) is 0 Å². The van der Waals surface area contributed by atoms with Crippen LogP contribution in [0.15, 0.2) is 35.6 Å². The molecule has 1 aromatic carbocycles. The van der Waals surface area contributed by atoms with Crippen LogP contribution in [0.1, 0.15) is 24.0 Å². The minimum Gasteiger partial charge on any atom is -0.364 e. The Kier molecular flexibility index (Phi) is 4.69. The first-order chi connectivity index (χ1) is 11.9. The minimum absolute atomic E-state index is 0.206. The Morgan fingerprint density at radius 3 is 2.48 bits per heavy atom. The lowest BCUT2D eigenvalue weighted by molar-refractivity contribution is -0.112. The maximum absolute atomic E-state index is 13.3. The summed E-state index contributed by atoms with van der Waals surface area (Å²) >= 11 is 0. The molecule has 5 nitrogen and oxygen atoms in total. The highest BCUT2D eigenvalue weighted by Crippen LogP contribution is 2.20. The first-order valence-corrected chi connectivity index (χ1v) is 7.67. The van der Waals surface area contributed by atoms with Gasteiger partial charge in [-0.25, -0.2) is 23.2 Å². The first kappa shape index (κ1) is 16.9. The van der Waals surface area contributed by atoms with E-state index in [1.807, 2.05) is 0 Å². The number of nitrogens with zero attached hydrogens (tertiary/aromatic N) is 3. The molecule has 0 atom stereocenters. The summed E-state index contributed by atoms with van der Waals surface area (Å²) < 4.78 is 39.5. The number of nitrogens with two attached hydrogens (primary N) is 1. The minimum atomic E-state index is -1.48. The molecular weight excluding hydrogens is 333 g/mol. The number of pyridine rings is 1. The topological polar surface area (TPSA) is 71.6 Å². The van der Waals surface area contributed by atoms with Gasteiger partial charge in [0.1, 0.15) is 11.5 Å². The van der Waals surface area contributed by atoms with Crippen LogP contribution < -0.4 is 10.7 Å². The van der Waals surface area contributed by atoms with Crippen LogP contribution >= 0.6 is 0 Å². The molecule has 1 aliphatic rings. The van der Waals surface area contributed by atoms with Crippen molar-refractivity contribution in [1.29, 1.82) is 0 Å². The summed E-state index contributed by atoms with van der Waals surface area (Å²) in [5.74, 6) is -3.94. The third-order valence-corrected chi connectivity index (χ3v) is 3.83. The van der Waals surface area contributed by atoms with Gasteiger partial charge in [0.25, 0.3) is 5.91 Å². The lowest BCUT2D eigenvalue weighted by Gasteiger charge is -2.23. The Hall–Kier alpha value is -2.90. The van der Waals surface area contributed by atoms with Crippen molar-refractivity contribution in [2.24, 2.45) is 10.8 Å². The van der Waals surface area contributed by atoms with Crippen LogP contribution in [0.4, 0.5) is 19.0 Å². The number of hydrogen-bond donors (Lipinski definition) is 1. The Balaban J connectivity index is 1.77. The van der Waals surface area contributed by atoms with E-state index >= 15 is 0 Å². The lowest BCUT2D eigenvalue weighted by Crippen LogP contribution is -2.33. The summed E-state index contributed by atoms with van der Waals surface area (Å²) in [5.41, 5.74) is 6.55. The maximum atomic E-state index is 13.3. The van der Waals surface area contributed by atoms with E-state index in [4.69, 9.17) is 5.73 Å².